The Hall–Kier alpha value is -3.23. The van der Waals surface area contributed by atoms with E-state index in [9.17, 15) is 12.8 Å². The molecule has 0 atom stereocenters. The minimum absolute atomic E-state index is 0.0519. The van der Waals surface area contributed by atoms with Crippen LogP contribution in [0.1, 0.15) is 0 Å². The van der Waals surface area contributed by atoms with Crippen LogP contribution in [0.2, 0.25) is 5.02 Å². The van der Waals surface area contributed by atoms with E-state index in [2.05, 4.69) is 14.7 Å². The van der Waals surface area contributed by atoms with E-state index in [1.54, 1.807) is 36.5 Å². The van der Waals surface area contributed by atoms with Gasteiger partial charge in [-0.3, -0.25) is 4.72 Å². The number of sulfonamides is 1. The second-order valence-electron chi connectivity index (χ2n) is 6.23. The maximum atomic E-state index is 14.6. The first kappa shape index (κ1) is 19.1. The third-order valence-corrected chi connectivity index (χ3v) is 6.14. The standard InChI is InChI=1S/C20H14ClFN4O2S/c21-15-3-1-2-4-19(15)29(27,28)26-18-8-6-13(10-16(18)22)12-5-7-17-14(9-12)11-24-20(23)25-17/h1-11,26H,(H2,23,24,25). The molecule has 0 aliphatic carbocycles. The van der Waals surface area contributed by atoms with Crippen molar-refractivity contribution in [2.75, 3.05) is 10.5 Å². The number of hydrogen-bond acceptors (Lipinski definition) is 5. The smallest absolute Gasteiger partial charge is 0.263 e. The van der Waals surface area contributed by atoms with Gasteiger partial charge in [-0.15, -0.1) is 0 Å². The van der Waals surface area contributed by atoms with Crippen LogP contribution in [0.15, 0.2) is 71.8 Å². The van der Waals surface area contributed by atoms with Crippen LogP contribution in [0.3, 0.4) is 0 Å². The summed E-state index contributed by atoms with van der Waals surface area (Å²) in [5, 5.41) is 0.802. The topological polar surface area (TPSA) is 98.0 Å². The highest BCUT2D eigenvalue weighted by Crippen LogP contribution is 2.29. The van der Waals surface area contributed by atoms with Crippen LogP contribution in [0.5, 0.6) is 0 Å². The van der Waals surface area contributed by atoms with Gasteiger partial charge in [0.15, 0.2) is 0 Å². The van der Waals surface area contributed by atoms with E-state index >= 15 is 0 Å². The van der Waals surface area contributed by atoms with Crippen molar-refractivity contribution in [3.63, 3.8) is 0 Å². The van der Waals surface area contributed by atoms with Gasteiger partial charge in [-0.25, -0.2) is 22.8 Å². The minimum atomic E-state index is -4.03. The molecule has 0 saturated heterocycles. The molecule has 1 aromatic heterocycles. The highest BCUT2D eigenvalue weighted by Gasteiger charge is 2.19. The number of rotatable bonds is 4. The van der Waals surface area contributed by atoms with Gasteiger partial charge in [0.1, 0.15) is 10.7 Å². The van der Waals surface area contributed by atoms with Crippen LogP contribution >= 0.6 is 11.6 Å². The van der Waals surface area contributed by atoms with Crippen molar-refractivity contribution in [1.82, 2.24) is 9.97 Å². The molecule has 0 amide bonds. The lowest BCUT2D eigenvalue weighted by atomic mass is 10.0. The lowest BCUT2D eigenvalue weighted by Gasteiger charge is -2.11. The van der Waals surface area contributed by atoms with Gasteiger partial charge in [-0.05, 0) is 47.5 Å². The summed E-state index contributed by atoms with van der Waals surface area (Å²) in [7, 11) is -4.03. The first-order valence-electron chi connectivity index (χ1n) is 8.43. The molecule has 146 valence electrons. The van der Waals surface area contributed by atoms with Crippen LogP contribution in [0, 0.1) is 5.82 Å². The summed E-state index contributed by atoms with van der Waals surface area (Å²) >= 11 is 5.95. The van der Waals surface area contributed by atoms with E-state index in [1.165, 1.54) is 30.3 Å². The fourth-order valence-corrected chi connectivity index (χ4v) is 4.46. The van der Waals surface area contributed by atoms with Crippen LogP contribution in [-0.2, 0) is 10.0 Å². The van der Waals surface area contributed by atoms with Gasteiger partial charge in [-0.2, -0.15) is 0 Å². The number of halogens is 2. The molecule has 0 saturated carbocycles. The quantitative estimate of drug-likeness (QED) is 0.499. The average molecular weight is 429 g/mol. The van der Waals surface area contributed by atoms with Gasteiger partial charge in [0.25, 0.3) is 10.0 Å². The largest absolute Gasteiger partial charge is 0.368 e. The molecule has 0 aliphatic rings. The molecule has 0 bridgehead atoms. The van der Waals surface area contributed by atoms with Gasteiger partial charge in [0.2, 0.25) is 5.95 Å². The summed E-state index contributed by atoms with van der Waals surface area (Å²) in [6.07, 6.45) is 1.59. The van der Waals surface area contributed by atoms with Crippen LogP contribution in [0.25, 0.3) is 22.0 Å². The maximum absolute atomic E-state index is 14.6. The van der Waals surface area contributed by atoms with Crippen molar-refractivity contribution in [2.45, 2.75) is 4.90 Å². The highest BCUT2D eigenvalue weighted by atomic mass is 35.5. The fourth-order valence-electron chi connectivity index (χ4n) is 2.87. The van der Waals surface area contributed by atoms with Crippen molar-refractivity contribution in [3.8, 4) is 11.1 Å². The normalized spacial score (nSPS) is 11.5. The van der Waals surface area contributed by atoms with Gasteiger partial charge in [0, 0.05) is 11.6 Å². The second kappa shape index (κ2) is 7.31. The molecule has 3 aromatic carbocycles. The number of nitrogens with zero attached hydrogens (tertiary/aromatic N) is 2. The van der Waals surface area contributed by atoms with E-state index in [4.69, 9.17) is 17.3 Å². The van der Waals surface area contributed by atoms with E-state index in [1.807, 2.05) is 0 Å². The molecular weight excluding hydrogens is 415 g/mol. The summed E-state index contributed by atoms with van der Waals surface area (Å²) in [6.45, 7) is 0. The number of nitrogens with one attached hydrogen (secondary N) is 1. The lowest BCUT2D eigenvalue weighted by Crippen LogP contribution is -2.14. The molecule has 4 aromatic rings. The Morgan fingerprint density at radius 3 is 2.48 bits per heavy atom. The molecule has 29 heavy (non-hydrogen) atoms. The summed E-state index contributed by atoms with van der Waals surface area (Å²) in [6, 6.07) is 15.5. The first-order chi connectivity index (χ1) is 13.8. The number of fused-ring (bicyclic) bond motifs is 1. The predicted octanol–water partition coefficient (Wildman–Crippen LogP) is 4.47. The zero-order valence-electron chi connectivity index (χ0n) is 14.8. The Labute approximate surface area is 171 Å². The Morgan fingerprint density at radius 1 is 1.00 bits per heavy atom. The van der Waals surface area contributed by atoms with Gasteiger partial charge in [0.05, 0.1) is 16.2 Å². The number of nitrogens with two attached hydrogens (primary N) is 1. The molecule has 3 N–H and O–H groups in total. The predicted molar refractivity (Wildman–Crippen MR) is 112 cm³/mol. The van der Waals surface area contributed by atoms with Crippen LogP contribution in [-0.4, -0.2) is 18.4 Å². The van der Waals surface area contributed by atoms with Gasteiger partial charge >= 0.3 is 0 Å². The molecule has 0 radical (unpaired) electrons. The van der Waals surface area contributed by atoms with Crippen molar-refractivity contribution < 1.29 is 12.8 Å². The van der Waals surface area contributed by atoms with Crippen molar-refractivity contribution in [3.05, 3.63) is 77.7 Å². The molecular formula is C20H14ClFN4O2S. The average Bonchev–Trinajstić information content (AvgIpc) is 2.69. The molecule has 4 rings (SSSR count). The summed E-state index contributed by atoms with van der Waals surface area (Å²) in [5.41, 5.74) is 7.37. The minimum Gasteiger partial charge on any atom is -0.368 e. The van der Waals surface area contributed by atoms with E-state index in [0.29, 0.717) is 11.1 Å². The third-order valence-electron chi connectivity index (χ3n) is 4.27. The Morgan fingerprint density at radius 2 is 1.72 bits per heavy atom. The third kappa shape index (κ3) is 3.85. The molecule has 0 fully saturated rings. The SMILES string of the molecule is Nc1ncc2cc(-c3ccc(NS(=O)(=O)c4ccccc4Cl)c(F)c3)ccc2n1. The molecule has 0 spiro atoms. The number of hydrogen-bond donors (Lipinski definition) is 2. The molecule has 1 heterocycles. The van der Waals surface area contributed by atoms with Crippen molar-refractivity contribution >= 4 is 44.2 Å². The number of nitrogen functional groups attached to an aromatic ring is 1. The highest BCUT2D eigenvalue weighted by molar-refractivity contribution is 7.92. The lowest BCUT2D eigenvalue weighted by molar-refractivity contribution is 0.598. The Kier molecular flexibility index (Phi) is 4.81. The fraction of sp³-hybridized carbons (Fsp3) is 0. The first-order valence-corrected chi connectivity index (χ1v) is 10.3. The number of benzene rings is 3. The number of aromatic nitrogens is 2. The zero-order valence-corrected chi connectivity index (χ0v) is 16.4. The molecule has 0 aliphatic heterocycles. The van der Waals surface area contributed by atoms with Crippen molar-refractivity contribution in [1.29, 1.82) is 0 Å². The molecule has 9 heteroatoms. The Balaban J connectivity index is 1.66. The maximum Gasteiger partial charge on any atom is 0.263 e. The zero-order chi connectivity index (χ0) is 20.6. The summed E-state index contributed by atoms with van der Waals surface area (Å²) in [5.74, 6) is -0.543. The summed E-state index contributed by atoms with van der Waals surface area (Å²) in [4.78, 5) is 7.95. The van der Waals surface area contributed by atoms with Crippen LogP contribution < -0.4 is 10.5 Å². The number of anilines is 2. The molecule has 0 unspecified atom stereocenters. The monoisotopic (exact) mass is 428 g/mol. The van der Waals surface area contributed by atoms with Gasteiger partial charge < -0.3 is 5.73 Å². The summed E-state index contributed by atoms with van der Waals surface area (Å²) < 4.78 is 41.9. The van der Waals surface area contributed by atoms with Crippen molar-refractivity contribution in [2.24, 2.45) is 0 Å². The van der Waals surface area contributed by atoms with Gasteiger partial charge in [-0.1, -0.05) is 35.9 Å². The van der Waals surface area contributed by atoms with Crippen LogP contribution in [0.4, 0.5) is 16.0 Å². The molecule has 6 nitrogen and oxygen atoms in total. The van der Waals surface area contributed by atoms with E-state index in [-0.39, 0.29) is 21.6 Å². The van der Waals surface area contributed by atoms with E-state index < -0.39 is 15.8 Å². The van der Waals surface area contributed by atoms with E-state index in [0.717, 1.165) is 10.9 Å². The second-order valence-corrected chi connectivity index (χ2v) is 8.29. The Bertz CT molecular complexity index is 1350.